The van der Waals surface area contributed by atoms with Crippen LogP contribution in [0.25, 0.3) is 22.4 Å². The molecule has 0 aliphatic carbocycles. The highest BCUT2D eigenvalue weighted by molar-refractivity contribution is 7.14. The maximum Gasteiger partial charge on any atom is 0.340 e. The van der Waals surface area contributed by atoms with Crippen LogP contribution in [0.3, 0.4) is 0 Å². The number of nitrogens with zero attached hydrogens (tertiary/aromatic N) is 2. The first-order chi connectivity index (χ1) is 13.2. The van der Waals surface area contributed by atoms with Crippen molar-refractivity contribution in [2.45, 2.75) is 0 Å². The molecular weight excluding hydrogens is 366 g/mol. The van der Waals surface area contributed by atoms with E-state index >= 15 is 0 Å². The molecule has 2 aromatic carbocycles. The summed E-state index contributed by atoms with van der Waals surface area (Å²) in [6.07, 6.45) is 1.25. The van der Waals surface area contributed by atoms with E-state index in [1.54, 1.807) is 18.2 Å². The molecule has 0 radical (unpaired) electrons. The number of esters is 1. The molecular formula is C19H13N3O4S. The first kappa shape index (κ1) is 16.9. The molecule has 1 amide bonds. The summed E-state index contributed by atoms with van der Waals surface area (Å²) in [4.78, 5) is 32.6. The number of amides is 1. The van der Waals surface area contributed by atoms with Crippen LogP contribution in [0.15, 0.2) is 64.7 Å². The Hall–Kier alpha value is -3.52. The van der Waals surface area contributed by atoms with Crippen molar-refractivity contribution in [3.63, 3.8) is 0 Å². The minimum absolute atomic E-state index is 0.245. The topological polar surface area (TPSA) is 94.3 Å². The molecule has 0 saturated heterocycles. The summed E-state index contributed by atoms with van der Waals surface area (Å²) in [6, 6.07) is 14.6. The van der Waals surface area contributed by atoms with Gasteiger partial charge in [-0.3, -0.25) is 10.1 Å². The third-order valence-corrected chi connectivity index (χ3v) is 4.49. The van der Waals surface area contributed by atoms with Gasteiger partial charge in [0.05, 0.1) is 11.3 Å². The highest BCUT2D eigenvalue weighted by atomic mass is 32.1. The van der Waals surface area contributed by atoms with E-state index in [2.05, 4.69) is 15.3 Å². The Kier molecular flexibility index (Phi) is 4.63. The fraction of sp³-hybridized carbons (Fsp3) is 0.0526. The van der Waals surface area contributed by atoms with Crippen LogP contribution >= 0.6 is 11.3 Å². The number of fused-ring (bicyclic) bond motifs is 1. The first-order valence-corrected chi connectivity index (χ1v) is 8.89. The fourth-order valence-corrected chi connectivity index (χ4v) is 3.22. The van der Waals surface area contributed by atoms with E-state index < -0.39 is 18.5 Å². The van der Waals surface area contributed by atoms with Crippen molar-refractivity contribution in [3.05, 3.63) is 65.9 Å². The van der Waals surface area contributed by atoms with E-state index in [0.717, 1.165) is 11.3 Å². The number of nitrogens with one attached hydrogen (secondary N) is 1. The molecule has 0 aliphatic rings. The zero-order valence-corrected chi connectivity index (χ0v) is 14.7. The number of para-hydroxylation sites is 1. The largest absolute Gasteiger partial charge is 0.452 e. The number of ether oxygens (including phenoxy) is 1. The number of thiazole rings is 1. The summed E-state index contributed by atoms with van der Waals surface area (Å²) < 4.78 is 10.2. The number of benzene rings is 2. The van der Waals surface area contributed by atoms with Gasteiger partial charge in [0.15, 0.2) is 23.7 Å². The van der Waals surface area contributed by atoms with Crippen LogP contribution in [0.4, 0.5) is 5.13 Å². The van der Waals surface area contributed by atoms with Crippen molar-refractivity contribution >= 4 is 39.4 Å². The molecule has 27 heavy (non-hydrogen) atoms. The minimum atomic E-state index is -0.645. The van der Waals surface area contributed by atoms with Gasteiger partial charge in [-0.25, -0.2) is 14.8 Å². The van der Waals surface area contributed by atoms with Gasteiger partial charge >= 0.3 is 5.97 Å². The third-order valence-electron chi connectivity index (χ3n) is 3.73. The highest BCUT2D eigenvalue weighted by Crippen LogP contribution is 2.24. The summed E-state index contributed by atoms with van der Waals surface area (Å²) in [5, 5.41) is 4.92. The van der Waals surface area contributed by atoms with Gasteiger partial charge < -0.3 is 9.15 Å². The van der Waals surface area contributed by atoms with E-state index in [4.69, 9.17) is 9.15 Å². The molecule has 0 saturated carbocycles. The number of aromatic nitrogens is 2. The molecule has 4 aromatic rings. The number of carbonyl (C=O) groups is 2. The molecule has 0 fully saturated rings. The van der Waals surface area contributed by atoms with Crippen molar-refractivity contribution in [2.75, 3.05) is 11.9 Å². The number of hydrogen-bond acceptors (Lipinski definition) is 7. The summed E-state index contributed by atoms with van der Waals surface area (Å²) >= 11 is 1.30. The van der Waals surface area contributed by atoms with E-state index in [1.807, 2.05) is 35.7 Å². The number of rotatable bonds is 5. The Morgan fingerprint density at radius 3 is 2.81 bits per heavy atom. The minimum Gasteiger partial charge on any atom is -0.452 e. The predicted octanol–water partition coefficient (Wildman–Crippen LogP) is 3.75. The molecule has 8 heteroatoms. The lowest BCUT2D eigenvalue weighted by Gasteiger charge is -2.05. The zero-order chi connectivity index (χ0) is 18.6. The molecule has 134 valence electrons. The van der Waals surface area contributed by atoms with Crippen LogP contribution in [0.5, 0.6) is 0 Å². The van der Waals surface area contributed by atoms with Crippen molar-refractivity contribution in [3.8, 4) is 11.3 Å². The van der Waals surface area contributed by atoms with Gasteiger partial charge in [0.1, 0.15) is 5.52 Å². The molecule has 1 N–H and O–H groups in total. The molecule has 4 rings (SSSR count). The second-order valence-electron chi connectivity index (χ2n) is 5.53. The van der Waals surface area contributed by atoms with Crippen molar-refractivity contribution < 1.29 is 18.7 Å². The Bertz CT molecular complexity index is 1100. The Labute approximate surface area is 157 Å². The maximum atomic E-state index is 12.2. The molecule has 0 aliphatic heterocycles. The van der Waals surface area contributed by atoms with Crippen LogP contribution in [-0.2, 0) is 9.53 Å². The molecule has 0 spiro atoms. The smallest absolute Gasteiger partial charge is 0.340 e. The maximum absolute atomic E-state index is 12.2. The van der Waals surface area contributed by atoms with Gasteiger partial charge in [0, 0.05) is 10.9 Å². The van der Waals surface area contributed by atoms with E-state index in [1.165, 1.54) is 17.7 Å². The molecule has 2 heterocycles. The standard InChI is InChI=1S/C19H13N3O4S/c23-16(22-19-21-14(10-27-19)12-5-2-1-3-6-12)9-25-18(24)13-7-4-8-15-17(13)20-11-26-15/h1-8,10-11H,9H2,(H,21,22,23). The lowest BCUT2D eigenvalue weighted by Crippen LogP contribution is -2.21. The fourth-order valence-electron chi connectivity index (χ4n) is 2.49. The second-order valence-corrected chi connectivity index (χ2v) is 6.39. The van der Waals surface area contributed by atoms with Crippen LogP contribution < -0.4 is 5.32 Å². The molecule has 7 nitrogen and oxygen atoms in total. The second kappa shape index (κ2) is 7.38. The lowest BCUT2D eigenvalue weighted by molar-refractivity contribution is -0.119. The first-order valence-electron chi connectivity index (χ1n) is 8.01. The molecule has 2 aromatic heterocycles. The average Bonchev–Trinajstić information content (AvgIpc) is 3.36. The van der Waals surface area contributed by atoms with Crippen LogP contribution in [0.2, 0.25) is 0 Å². The zero-order valence-electron chi connectivity index (χ0n) is 13.9. The van der Waals surface area contributed by atoms with Crippen LogP contribution in [0.1, 0.15) is 10.4 Å². The van der Waals surface area contributed by atoms with E-state index in [9.17, 15) is 9.59 Å². The van der Waals surface area contributed by atoms with E-state index in [-0.39, 0.29) is 5.56 Å². The highest BCUT2D eigenvalue weighted by Gasteiger charge is 2.16. The van der Waals surface area contributed by atoms with Gasteiger partial charge in [0.25, 0.3) is 5.91 Å². The van der Waals surface area contributed by atoms with E-state index in [0.29, 0.717) is 16.2 Å². The van der Waals surface area contributed by atoms with Gasteiger partial charge in [-0.15, -0.1) is 11.3 Å². The number of hydrogen-bond donors (Lipinski definition) is 1. The Morgan fingerprint density at radius 2 is 1.96 bits per heavy atom. The van der Waals surface area contributed by atoms with Crippen LogP contribution in [0, 0.1) is 0 Å². The van der Waals surface area contributed by atoms with Crippen LogP contribution in [-0.4, -0.2) is 28.5 Å². The SMILES string of the molecule is O=C(COC(=O)c1cccc2ocnc12)Nc1nc(-c2ccccc2)cs1. The summed E-state index contributed by atoms with van der Waals surface area (Å²) in [6.45, 7) is -0.423. The Morgan fingerprint density at radius 1 is 1.11 bits per heavy atom. The molecule has 0 unspecified atom stereocenters. The number of anilines is 1. The van der Waals surface area contributed by atoms with Crippen molar-refractivity contribution in [2.24, 2.45) is 0 Å². The average molecular weight is 379 g/mol. The summed E-state index contributed by atoms with van der Waals surface area (Å²) in [5.41, 5.74) is 2.85. The third kappa shape index (κ3) is 3.70. The quantitative estimate of drug-likeness (QED) is 0.531. The Balaban J connectivity index is 1.37. The monoisotopic (exact) mass is 379 g/mol. The molecule has 0 atom stereocenters. The summed E-state index contributed by atoms with van der Waals surface area (Å²) in [7, 11) is 0. The number of oxazole rings is 1. The van der Waals surface area contributed by atoms with Gasteiger partial charge in [-0.2, -0.15) is 0 Å². The predicted molar refractivity (Wildman–Crippen MR) is 100 cm³/mol. The lowest BCUT2D eigenvalue weighted by atomic mass is 10.2. The van der Waals surface area contributed by atoms with Crippen molar-refractivity contribution in [1.29, 1.82) is 0 Å². The molecule has 0 bridgehead atoms. The normalized spacial score (nSPS) is 10.7. The van der Waals surface area contributed by atoms with Gasteiger partial charge in [-0.1, -0.05) is 36.4 Å². The van der Waals surface area contributed by atoms with Gasteiger partial charge in [-0.05, 0) is 12.1 Å². The van der Waals surface area contributed by atoms with Crippen molar-refractivity contribution in [1.82, 2.24) is 9.97 Å². The number of carbonyl (C=O) groups excluding carboxylic acids is 2. The van der Waals surface area contributed by atoms with Gasteiger partial charge in [0.2, 0.25) is 0 Å². The summed E-state index contributed by atoms with van der Waals surface area (Å²) in [5.74, 6) is -1.11.